The molecule has 2 aliphatic heterocycles. The summed E-state index contributed by atoms with van der Waals surface area (Å²) in [7, 11) is 0. The predicted octanol–water partition coefficient (Wildman–Crippen LogP) is 1.31. The second kappa shape index (κ2) is 5.67. The number of hydrogen-bond acceptors (Lipinski definition) is 4. The van der Waals surface area contributed by atoms with Gasteiger partial charge in [-0.15, -0.1) is 0 Å². The molecule has 2 saturated heterocycles. The highest BCUT2D eigenvalue weighted by molar-refractivity contribution is 5.49. The molecular weight excluding hydrogens is 224 g/mol. The van der Waals surface area contributed by atoms with Crippen molar-refractivity contribution in [3.63, 3.8) is 0 Å². The van der Waals surface area contributed by atoms with Gasteiger partial charge in [-0.3, -0.25) is 0 Å². The maximum absolute atomic E-state index is 4.64. The molecule has 0 aliphatic carbocycles. The second-order valence-electron chi connectivity index (χ2n) is 5.16. The van der Waals surface area contributed by atoms with Crippen LogP contribution < -0.4 is 15.5 Å². The molecule has 0 spiro atoms. The first-order chi connectivity index (χ1) is 8.95. The SMILES string of the molecule is c1cnc(N2CCNCC2)c([C@@H]2CCCCN2)c1. The zero-order valence-corrected chi connectivity index (χ0v) is 10.9. The van der Waals surface area contributed by atoms with Crippen LogP contribution in [0, 0.1) is 0 Å². The summed E-state index contributed by atoms with van der Waals surface area (Å²) in [6.07, 6.45) is 5.79. The molecule has 1 atom stereocenters. The van der Waals surface area contributed by atoms with Gasteiger partial charge in [0.05, 0.1) is 0 Å². The first-order valence-corrected chi connectivity index (χ1v) is 7.09. The Kier molecular flexibility index (Phi) is 3.76. The number of hydrogen-bond donors (Lipinski definition) is 2. The Morgan fingerprint density at radius 2 is 2.06 bits per heavy atom. The molecule has 0 unspecified atom stereocenters. The summed E-state index contributed by atoms with van der Waals surface area (Å²) in [5, 5.41) is 7.03. The van der Waals surface area contributed by atoms with Crippen LogP contribution in [-0.4, -0.2) is 37.7 Å². The zero-order valence-electron chi connectivity index (χ0n) is 10.9. The van der Waals surface area contributed by atoms with Crippen molar-refractivity contribution in [2.24, 2.45) is 0 Å². The Morgan fingerprint density at radius 1 is 1.17 bits per heavy atom. The highest BCUT2D eigenvalue weighted by Crippen LogP contribution is 2.29. The highest BCUT2D eigenvalue weighted by Gasteiger charge is 2.22. The molecule has 98 valence electrons. The molecule has 0 radical (unpaired) electrons. The highest BCUT2D eigenvalue weighted by atomic mass is 15.2. The zero-order chi connectivity index (χ0) is 12.2. The fraction of sp³-hybridized carbons (Fsp3) is 0.643. The number of nitrogens with zero attached hydrogens (tertiary/aromatic N) is 2. The number of aromatic nitrogens is 1. The lowest BCUT2D eigenvalue weighted by Crippen LogP contribution is -2.44. The molecule has 0 saturated carbocycles. The Bertz CT molecular complexity index is 344. The molecule has 3 heterocycles. The topological polar surface area (TPSA) is 40.2 Å². The van der Waals surface area contributed by atoms with E-state index in [-0.39, 0.29) is 0 Å². The minimum Gasteiger partial charge on any atom is -0.354 e. The van der Waals surface area contributed by atoms with Gasteiger partial charge in [-0.2, -0.15) is 0 Å². The monoisotopic (exact) mass is 246 g/mol. The molecule has 0 aromatic carbocycles. The van der Waals surface area contributed by atoms with Gasteiger partial charge >= 0.3 is 0 Å². The molecule has 18 heavy (non-hydrogen) atoms. The summed E-state index contributed by atoms with van der Waals surface area (Å²) in [4.78, 5) is 7.05. The number of anilines is 1. The fourth-order valence-electron chi connectivity index (χ4n) is 2.94. The van der Waals surface area contributed by atoms with Gasteiger partial charge in [0.25, 0.3) is 0 Å². The van der Waals surface area contributed by atoms with Gasteiger partial charge in [-0.25, -0.2) is 4.98 Å². The smallest absolute Gasteiger partial charge is 0.133 e. The van der Waals surface area contributed by atoms with Crippen LogP contribution in [0.3, 0.4) is 0 Å². The third kappa shape index (κ3) is 2.49. The summed E-state index contributed by atoms with van der Waals surface area (Å²) in [6.45, 7) is 5.40. The molecule has 2 aliphatic rings. The Morgan fingerprint density at radius 3 is 2.83 bits per heavy atom. The Labute approximate surface area is 109 Å². The summed E-state index contributed by atoms with van der Waals surface area (Å²) in [5.74, 6) is 1.19. The standard InChI is InChI=1S/C14H22N4/c1-2-6-16-13(5-1)12-4-3-7-17-14(12)18-10-8-15-9-11-18/h3-4,7,13,15-16H,1-2,5-6,8-11H2/t13-/m0/s1. The van der Waals surface area contributed by atoms with Crippen LogP contribution in [0.15, 0.2) is 18.3 Å². The van der Waals surface area contributed by atoms with Crippen molar-refractivity contribution in [2.75, 3.05) is 37.6 Å². The summed E-state index contributed by atoms with van der Waals surface area (Å²) in [6, 6.07) is 4.81. The molecule has 1 aromatic heterocycles. The summed E-state index contributed by atoms with van der Waals surface area (Å²) >= 11 is 0. The summed E-state index contributed by atoms with van der Waals surface area (Å²) < 4.78 is 0. The maximum Gasteiger partial charge on any atom is 0.133 e. The van der Waals surface area contributed by atoms with Crippen LogP contribution in [0.2, 0.25) is 0 Å². The fourth-order valence-corrected chi connectivity index (χ4v) is 2.94. The van der Waals surface area contributed by atoms with Crippen molar-refractivity contribution in [3.05, 3.63) is 23.9 Å². The molecule has 2 fully saturated rings. The van der Waals surface area contributed by atoms with E-state index < -0.39 is 0 Å². The normalized spacial score (nSPS) is 25.1. The van der Waals surface area contributed by atoms with E-state index in [9.17, 15) is 0 Å². The van der Waals surface area contributed by atoms with Gasteiger partial charge in [0.2, 0.25) is 0 Å². The number of piperidine rings is 1. The lowest BCUT2D eigenvalue weighted by Gasteiger charge is -2.33. The van der Waals surface area contributed by atoms with Crippen LogP contribution in [0.5, 0.6) is 0 Å². The number of rotatable bonds is 2. The lowest BCUT2D eigenvalue weighted by atomic mass is 9.97. The van der Waals surface area contributed by atoms with Crippen molar-refractivity contribution >= 4 is 5.82 Å². The summed E-state index contributed by atoms with van der Waals surface area (Å²) in [5.41, 5.74) is 1.39. The van der Waals surface area contributed by atoms with E-state index >= 15 is 0 Å². The van der Waals surface area contributed by atoms with Crippen LogP contribution in [-0.2, 0) is 0 Å². The van der Waals surface area contributed by atoms with E-state index in [0.717, 1.165) is 32.7 Å². The molecule has 0 amide bonds. The largest absolute Gasteiger partial charge is 0.354 e. The van der Waals surface area contributed by atoms with Gasteiger partial charge in [-0.05, 0) is 25.5 Å². The minimum absolute atomic E-state index is 0.498. The number of piperazine rings is 1. The molecular formula is C14H22N4. The minimum atomic E-state index is 0.498. The van der Waals surface area contributed by atoms with E-state index in [4.69, 9.17) is 0 Å². The van der Waals surface area contributed by atoms with Gasteiger partial charge in [0.15, 0.2) is 0 Å². The van der Waals surface area contributed by atoms with E-state index in [1.165, 1.54) is 30.6 Å². The van der Waals surface area contributed by atoms with Gasteiger partial charge in [-0.1, -0.05) is 12.5 Å². The molecule has 0 bridgehead atoms. The first kappa shape index (κ1) is 11.9. The van der Waals surface area contributed by atoms with Gasteiger partial charge in [0, 0.05) is 44.0 Å². The Balaban J connectivity index is 1.83. The van der Waals surface area contributed by atoms with Gasteiger partial charge in [0.1, 0.15) is 5.82 Å². The van der Waals surface area contributed by atoms with Crippen molar-refractivity contribution in [1.29, 1.82) is 0 Å². The molecule has 4 nitrogen and oxygen atoms in total. The van der Waals surface area contributed by atoms with Gasteiger partial charge < -0.3 is 15.5 Å². The average Bonchev–Trinajstić information content (AvgIpc) is 2.49. The first-order valence-electron chi connectivity index (χ1n) is 7.09. The van der Waals surface area contributed by atoms with E-state index in [1.807, 2.05) is 6.20 Å². The third-order valence-corrected chi connectivity index (χ3v) is 3.92. The molecule has 3 rings (SSSR count). The van der Waals surface area contributed by atoms with Crippen molar-refractivity contribution in [1.82, 2.24) is 15.6 Å². The quantitative estimate of drug-likeness (QED) is 0.825. The third-order valence-electron chi connectivity index (χ3n) is 3.92. The van der Waals surface area contributed by atoms with E-state index in [2.05, 4.69) is 32.7 Å². The van der Waals surface area contributed by atoms with Crippen molar-refractivity contribution < 1.29 is 0 Å². The van der Waals surface area contributed by atoms with E-state index in [0.29, 0.717) is 6.04 Å². The van der Waals surface area contributed by atoms with Crippen LogP contribution in [0.1, 0.15) is 30.9 Å². The molecule has 2 N–H and O–H groups in total. The van der Waals surface area contributed by atoms with Crippen molar-refractivity contribution in [3.8, 4) is 0 Å². The molecule has 4 heteroatoms. The Hall–Kier alpha value is -1.13. The van der Waals surface area contributed by atoms with Crippen LogP contribution >= 0.6 is 0 Å². The van der Waals surface area contributed by atoms with Crippen LogP contribution in [0.4, 0.5) is 5.82 Å². The van der Waals surface area contributed by atoms with Crippen LogP contribution in [0.25, 0.3) is 0 Å². The van der Waals surface area contributed by atoms with Crippen molar-refractivity contribution in [2.45, 2.75) is 25.3 Å². The second-order valence-corrected chi connectivity index (χ2v) is 5.16. The lowest BCUT2D eigenvalue weighted by molar-refractivity contribution is 0.411. The average molecular weight is 246 g/mol. The maximum atomic E-state index is 4.64. The number of pyridine rings is 1. The predicted molar refractivity (Wildman–Crippen MR) is 73.9 cm³/mol. The number of nitrogens with one attached hydrogen (secondary N) is 2. The molecule has 1 aromatic rings. The van der Waals surface area contributed by atoms with E-state index in [1.54, 1.807) is 0 Å².